The maximum absolute atomic E-state index is 17.9. The smallest absolute Gasteiger partial charge is 0.319 e. The molecule has 0 spiro atoms. The minimum absolute atomic E-state index is 0.00891. The molecule has 1 N–H and O–H groups in total. The molecule has 0 amide bonds. The molecule has 3 aromatic carbocycles. The molecule has 4 atom stereocenters. The van der Waals surface area contributed by atoms with Crippen molar-refractivity contribution in [3.8, 4) is 35.2 Å². The van der Waals surface area contributed by atoms with Crippen molar-refractivity contribution in [3.63, 3.8) is 0 Å². The Bertz CT molecular complexity index is 2400. The fraction of sp³-hybridized carbons (Fsp3) is 0.523. The van der Waals surface area contributed by atoms with Crippen LogP contribution in [0, 0.1) is 41.2 Å². The van der Waals surface area contributed by atoms with E-state index >= 15 is 8.78 Å². The molecule has 11 nitrogen and oxygen atoms in total. The van der Waals surface area contributed by atoms with Crippen LogP contribution in [0.5, 0.6) is 11.8 Å². The van der Waals surface area contributed by atoms with Gasteiger partial charge in [-0.05, 0) is 79.5 Å². The summed E-state index contributed by atoms with van der Waals surface area (Å²) in [5, 5.41) is 17.8. The first-order valence-electron chi connectivity index (χ1n) is 20.4. The van der Waals surface area contributed by atoms with Crippen molar-refractivity contribution >= 4 is 38.4 Å². The number of ether oxygens (including phenoxy) is 3. The quantitative estimate of drug-likeness (QED) is 0.125. The van der Waals surface area contributed by atoms with Crippen molar-refractivity contribution in [3.05, 3.63) is 47.7 Å². The van der Waals surface area contributed by atoms with Gasteiger partial charge in [0.05, 0.1) is 30.8 Å². The van der Waals surface area contributed by atoms with E-state index in [0.29, 0.717) is 57.9 Å². The predicted molar refractivity (Wildman–Crippen MR) is 215 cm³/mol. The van der Waals surface area contributed by atoms with Gasteiger partial charge in [-0.25, -0.2) is 8.78 Å². The molecule has 4 saturated heterocycles. The second-order valence-electron chi connectivity index (χ2n) is 17.4. The normalized spacial score (nSPS) is 24.4. The summed E-state index contributed by atoms with van der Waals surface area (Å²) in [5.74, 6) is 2.91. The molecule has 2 unspecified atom stereocenters. The number of hydrogen-bond acceptors (Lipinski definition) is 10. The molecule has 57 heavy (non-hydrogen) atoms. The van der Waals surface area contributed by atoms with Gasteiger partial charge in [-0.1, -0.05) is 12.0 Å². The van der Waals surface area contributed by atoms with Gasteiger partial charge in [0.15, 0.2) is 5.82 Å². The van der Waals surface area contributed by atoms with Crippen LogP contribution >= 0.6 is 0 Å². The lowest BCUT2D eigenvalue weighted by Crippen LogP contribution is -2.54. The number of benzene rings is 3. The van der Waals surface area contributed by atoms with Crippen molar-refractivity contribution in [1.82, 2.24) is 29.5 Å². The molecule has 4 aliphatic heterocycles. The van der Waals surface area contributed by atoms with Gasteiger partial charge in [0.2, 0.25) is 0 Å². The standard InChI is InChI=1S/C44H49F2N7O4/c1-4-32-35(45)9-6-28-15-31(54)16-33(36(28)32)37-39(46)41-38(34-21-50(2)49-40(34)37)42(53-29-7-8-30(53)20-51(19-29)12-5-13-55-3)48-43(47-41)57-25-44(10-11-44)24-52-17-26-14-27(18-52)23-56-22-26/h1,6,9,15-16,21,26-27,29-30,54H,5,7-8,10-14,17-20,22-25H2,2-3H3/t26?,27?,29-,30+. The van der Waals surface area contributed by atoms with Gasteiger partial charge in [-0.15, -0.1) is 6.42 Å². The molecule has 298 valence electrons. The lowest BCUT2D eigenvalue weighted by atomic mass is 9.87. The molecular weight excluding hydrogens is 729 g/mol. The number of aromatic nitrogens is 4. The summed E-state index contributed by atoms with van der Waals surface area (Å²) < 4.78 is 52.7. The van der Waals surface area contributed by atoms with Gasteiger partial charge in [-0.3, -0.25) is 9.58 Å². The Morgan fingerprint density at radius 1 is 1.00 bits per heavy atom. The fourth-order valence-electron chi connectivity index (χ4n) is 10.5. The Kier molecular flexibility index (Phi) is 9.24. The molecule has 0 radical (unpaired) electrons. The summed E-state index contributed by atoms with van der Waals surface area (Å²) in [5.41, 5.74) is 0.737. The Hall–Kier alpha value is -4.61. The van der Waals surface area contributed by atoms with Crippen molar-refractivity contribution in [1.29, 1.82) is 0 Å². The summed E-state index contributed by atoms with van der Waals surface area (Å²) in [6.45, 7) is 8.52. The van der Waals surface area contributed by atoms with Gasteiger partial charge in [0, 0.05) is 100 Å². The van der Waals surface area contributed by atoms with Gasteiger partial charge < -0.3 is 29.1 Å². The van der Waals surface area contributed by atoms with Crippen LogP contribution in [0.25, 0.3) is 43.7 Å². The highest BCUT2D eigenvalue weighted by Crippen LogP contribution is 2.49. The van der Waals surface area contributed by atoms with E-state index in [9.17, 15) is 5.11 Å². The number of rotatable bonds is 11. The lowest BCUT2D eigenvalue weighted by Gasteiger charge is -2.42. The molecule has 5 aliphatic rings. The average Bonchev–Trinajstić information content (AvgIpc) is 3.76. The number of aromatic hydroxyl groups is 1. The zero-order valence-corrected chi connectivity index (χ0v) is 32.6. The van der Waals surface area contributed by atoms with Gasteiger partial charge >= 0.3 is 6.01 Å². The second-order valence-corrected chi connectivity index (χ2v) is 17.4. The van der Waals surface area contributed by atoms with Crippen LogP contribution < -0.4 is 9.64 Å². The van der Waals surface area contributed by atoms with E-state index < -0.39 is 11.6 Å². The average molecular weight is 778 g/mol. The van der Waals surface area contributed by atoms with E-state index in [0.717, 1.165) is 84.6 Å². The number of methoxy groups -OCH3 is 1. The third-order valence-corrected chi connectivity index (χ3v) is 13.2. The number of fused-ring (bicyclic) bond motifs is 8. The minimum Gasteiger partial charge on any atom is -0.508 e. The van der Waals surface area contributed by atoms with E-state index in [1.165, 1.54) is 30.7 Å². The van der Waals surface area contributed by atoms with Crippen LogP contribution in [-0.4, -0.2) is 120 Å². The van der Waals surface area contributed by atoms with Crippen LogP contribution in [-0.2, 0) is 16.5 Å². The summed E-state index contributed by atoms with van der Waals surface area (Å²) in [4.78, 5) is 17.6. The first kappa shape index (κ1) is 36.7. The number of halogens is 2. The molecule has 2 aromatic heterocycles. The number of phenols is 1. The van der Waals surface area contributed by atoms with E-state index in [4.69, 9.17) is 35.7 Å². The lowest BCUT2D eigenvalue weighted by molar-refractivity contribution is -0.0463. The Balaban J connectivity index is 1.10. The van der Waals surface area contributed by atoms with E-state index in [2.05, 4.69) is 20.6 Å². The molecule has 1 saturated carbocycles. The van der Waals surface area contributed by atoms with E-state index in [1.54, 1.807) is 18.8 Å². The number of anilines is 1. The number of nitrogens with zero attached hydrogens (tertiary/aromatic N) is 7. The highest BCUT2D eigenvalue weighted by atomic mass is 19.1. The SMILES string of the molecule is C#Cc1c(F)ccc2cc(O)cc(-c3c(F)c4nc(OCC5(CN6CC7COCC(C7)C6)CC5)nc(N5[C@@H]6CC[C@H]5CN(CCCOC)C6)c4c4cn(C)nc34)c12. The fourth-order valence-corrected chi connectivity index (χ4v) is 10.5. The third-order valence-electron chi connectivity index (χ3n) is 13.2. The van der Waals surface area contributed by atoms with E-state index in [-0.39, 0.29) is 51.5 Å². The monoisotopic (exact) mass is 777 g/mol. The number of aryl methyl sites for hydroxylation is 1. The summed E-state index contributed by atoms with van der Waals surface area (Å²) in [6.07, 6.45) is 14.0. The zero-order chi connectivity index (χ0) is 39.0. The number of phenolic OH excluding ortho intramolecular Hbond substituents is 1. The summed E-state index contributed by atoms with van der Waals surface area (Å²) in [7, 11) is 3.53. The van der Waals surface area contributed by atoms with Crippen LogP contribution in [0.1, 0.15) is 44.1 Å². The van der Waals surface area contributed by atoms with Gasteiger partial charge in [0.25, 0.3) is 0 Å². The predicted octanol–water partition coefficient (Wildman–Crippen LogP) is 6.12. The second kappa shape index (κ2) is 14.3. The summed E-state index contributed by atoms with van der Waals surface area (Å²) in [6, 6.07) is 6.21. The Morgan fingerprint density at radius 2 is 1.77 bits per heavy atom. The Labute approximate surface area is 330 Å². The van der Waals surface area contributed by atoms with Crippen molar-refractivity contribution in [2.75, 3.05) is 77.7 Å². The van der Waals surface area contributed by atoms with Gasteiger partial charge in [0.1, 0.15) is 28.4 Å². The highest BCUT2D eigenvalue weighted by molar-refractivity contribution is 6.18. The minimum atomic E-state index is -0.655. The molecule has 5 fully saturated rings. The van der Waals surface area contributed by atoms with Crippen LogP contribution in [0.2, 0.25) is 0 Å². The molecule has 13 heteroatoms. The topological polar surface area (TPSA) is 101 Å². The number of likely N-dealkylation sites (tertiary alicyclic amines) is 2. The van der Waals surface area contributed by atoms with Crippen molar-refractivity contribution in [2.45, 2.75) is 50.6 Å². The molecule has 6 heterocycles. The van der Waals surface area contributed by atoms with Crippen LogP contribution in [0.15, 0.2) is 30.5 Å². The van der Waals surface area contributed by atoms with E-state index in [1.807, 2.05) is 6.20 Å². The number of piperidine rings is 1. The van der Waals surface area contributed by atoms with Crippen molar-refractivity contribution < 1.29 is 28.1 Å². The molecule has 1 aliphatic carbocycles. The summed E-state index contributed by atoms with van der Waals surface area (Å²) >= 11 is 0. The van der Waals surface area contributed by atoms with Crippen LogP contribution in [0.4, 0.5) is 14.6 Å². The maximum Gasteiger partial charge on any atom is 0.319 e. The first-order valence-corrected chi connectivity index (χ1v) is 20.4. The zero-order valence-electron chi connectivity index (χ0n) is 32.6. The molecule has 5 aromatic rings. The Morgan fingerprint density at radius 3 is 2.49 bits per heavy atom. The number of terminal acetylenes is 1. The largest absolute Gasteiger partial charge is 0.508 e. The molecule has 4 bridgehead atoms. The van der Waals surface area contributed by atoms with Crippen molar-refractivity contribution in [2.24, 2.45) is 24.3 Å². The van der Waals surface area contributed by atoms with Crippen LogP contribution in [0.3, 0.4) is 0 Å². The maximum atomic E-state index is 17.9. The number of hydrogen-bond donors (Lipinski definition) is 1. The third kappa shape index (κ3) is 6.55. The molecule has 10 rings (SSSR count). The van der Waals surface area contributed by atoms with Gasteiger partial charge in [-0.2, -0.15) is 15.1 Å². The molecular formula is C44H49F2N7O4. The highest BCUT2D eigenvalue weighted by Gasteiger charge is 2.47. The first-order chi connectivity index (χ1) is 27.7. The number of piperazine rings is 1.